The van der Waals surface area contributed by atoms with Gasteiger partial charge in [0.2, 0.25) is 0 Å². The van der Waals surface area contributed by atoms with E-state index in [1.807, 2.05) is 0 Å². The molecule has 8 heteroatoms. The topological polar surface area (TPSA) is 94.0 Å². The van der Waals surface area contributed by atoms with Crippen LogP contribution in [-0.4, -0.2) is 59.2 Å². The number of likely N-dealkylation sites (N-methyl/N-ethyl adjacent to an activating group) is 1. The van der Waals surface area contributed by atoms with E-state index in [9.17, 15) is 9.59 Å². The number of fused-ring (bicyclic) bond motifs is 1. The molecular weight excluding hydrogens is 426 g/mol. The van der Waals surface area contributed by atoms with Gasteiger partial charge in [0.1, 0.15) is 0 Å². The zero-order chi connectivity index (χ0) is 23.7. The second-order valence-electron chi connectivity index (χ2n) is 7.69. The van der Waals surface area contributed by atoms with Gasteiger partial charge < -0.3 is 20.0 Å². The van der Waals surface area contributed by atoms with Crippen molar-refractivity contribution >= 4 is 38.6 Å². The van der Waals surface area contributed by atoms with Crippen LogP contribution < -0.4 is 4.90 Å². The number of hydrogen-bond acceptors (Lipinski definition) is 6. The van der Waals surface area contributed by atoms with E-state index in [4.69, 9.17) is 15.2 Å². The molecule has 0 saturated heterocycles. The minimum Gasteiger partial charge on any atom is -0.478 e. The minimum atomic E-state index is -1.26. The fraction of sp³-hybridized carbons (Fsp3) is 0.292. The number of thiazole rings is 1. The van der Waals surface area contributed by atoms with Crippen LogP contribution >= 0.6 is 11.3 Å². The van der Waals surface area contributed by atoms with Crippen LogP contribution in [0.3, 0.4) is 0 Å². The van der Waals surface area contributed by atoms with Gasteiger partial charge in [0.25, 0.3) is 0 Å². The van der Waals surface area contributed by atoms with Crippen LogP contribution in [0.5, 0.6) is 0 Å². The summed E-state index contributed by atoms with van der Waals surface area (Å²) >= 11 is 1.78. The van der Waals surface area contributed by atoms with E-state index in [0.29, 0.717) is 12.2 Å². The van der Waals surface area contributed by atoms with Crippen LogP contribution in [0.2, 0.25) is 0 Å². The summed E-state index contributed by atoms with van der Waals surface area (Å²) in [5.41, 5.74) is 5.00. The fourth-order valence-corrected chi connectivity index (χ4v) is 3.75. The van der Waals surface area contributed by atoms with Crippen LogP contribution in [0.1, 0.15) is 16.7 Å². The zero-order valence-corrected chi connectivity index (χ0v) is 19.6. The molecule has 7 nitrogen and oxygen atoms in total. The zero-order valence-electron chi connectivity index (χ0n) is 18.8. The first kappa shape index (κ1) is 25.0. The van der Waals surface area contributed by atoms with Gasteiger partial charge in [0, 0.05) is 31.8 Å². The van der Waals surface area contributed by atoms with Crippen molar-refractivity contribution in [1.29, 1.82) is 0 Å². The van der Waals surface area contributed by atoms with Crippen molar-refractivity contribution in [3.8, 4) is 0 Å². The van der Waals surface area contributed by atoms with Gasteiger partial charge in [-0.1, -0.05) is 47.2 Å². The maximum absolute atomic E-state index is 9.55. The van der Waals surface area contributed by atoms with Crippen LogP contribution in [-0.2, 0) is 16.1 Å². The highest BCUT2D eigenvalue weighted by molar-refractivity contribution is 7.22. The van der Waals surface area contributed by atoms with Crippen molar-refractivity contribution < 1.29 is 19.8 Å². The van der Waals surface area contributed by atoms with E-state index < -0.39 is 11.9 Å². The maximum Gasteiger partial charge on any atom is 0.328 e. The smallest absolute Gasteiger partial charge is 0.328 e. The first-order chi connectivity index (χ1) is 15.1. The third kappa shape index (κ3) is 8.49. The molecular formula is C24H29N3O4S. The van der Waals surface area contributed by atoms with Crippen molar-refractivity contribution in [2.45, 2.75) is 20.4 Å². The SMILES string of the molecule is Cc1ccc(CN(CCN(C)C)c2nc3cc(C)ccc3s2)cc1.O=C(O)/C=C/C(=O)O. The lowest BCUT2D eigenvalue weighted by Gasteiger charge is -2.24. The lowest BCUT2D eigenvalue weighted by Crippen LogP contribution is -2.31. The van der Waals surface area contributed by atoms with E-state index in [1.165, 1.54) is 21.4 Å². The van der Waals surface area contributed by atoms with E-state index in [0.717, 1.165) is 30.3 Å². The Morgan fingerprint density at radius 3 is 2.09 bits per heavy atom. The average Bonchev–Trinajstić information content (AvgIpc) is 3.14. The van der Waals surface area contributed by atoms with Crippen LogP contribution in [0.15, 0.2) is 54.6 Å². The van der Waals surface area contributed by atoms with Gasteiger partial charge in [0.05, 0.1) is 10.2 Å². The summed E-state index contributed by atoms with van der Waals surface area (Å²) < 4.78 is 1.26. The number of carboxylic acids is 2. The molecule has 0 atom stereocenters. The standard InChI is InChI=1S/C20H25N3S.C4H4O4/c1-15-5-8-17(9-6-15)14-23(12-11-22(3)4)20-21-18-13-16(2)7-10-19(18)24-20;5-3(6)1-2-4(7)8/h5-10,13H,11-12,14H2,1-4H3;1-2H,(H,5,6)(H,7,8)/b;2-1+. The number of nitrogens with zero attached hydrogens (tertiary/aromatic N) is 3. The molecule has 2 N–H and O–H groups in total. The van der Waals surface area contributed by atoms with Crippen molar-refractivity contribution in [3.63, 3.8) is 0 Å². The minimum absolute atomic E-state index is 0.558. The predicted octanol–water partition coefficient (Wildman–Crippen LogP) is 4.19. The number of anilines is 1. The molecule has 1 heterocycles. The number of carboxylic acid groups (broad SMARTS) is 2. The van der Waals surface area contributed by atoms with Crippen LogP contribution in [0.25, 0.3) is 10.2 Å². The average molecular weight is 456 g/mol. The van der Waals surface area contributed by atoms with Gasteiger partial charge >= 0.3 is 11.9 Å². The number of aromatic nitrogens is 1. The summed E-state index contributed by atoms with van der Waals surface area (Å²) in [5.74, 6) is -2.51. The number of aryl methyl sites for hydroxylation is 2. The molecule has 0 aliphatic rings. The van der Waals surface area contributed by atoms with Gasteiger partial charge in [-0.2, -0.15) is 0 Å². The van der Waals surface area contributed by atoms with Gasteiger partial charge in [-0.15, -0.1) is 0 Å². The Morgan fingerprint density at radius 1 is 0.938 bits per heavy atom. The lowest BCUT2D eigenvalue weighted by molar-refractivity contribution is -0.134. The van der Waals surface area contributed by atoms with Crippen LogP contribution in [0, 0.1) is 13.8 Å². The predicted molar refractivity (Wildman–Crippen MR) is 130 cm³/mol. The monoisotopic (exact) mass is 455 g/mol. The van der Waals surface area contributed by atoms with Crippen molar-refractivity contribution in [1.82, 2.24) is 9.88 Å². The maximum atomic E-state index is 9.55. The number of rotatable bonds is 8. The first-order valence-corrected chi connectivity index (χ1v) is 10.9. The van der Waals surface area contributed by atoms with Gasteiger partial charge in [-0.05, 0) is 51.2 Å². The Morgan fingerprint density at radius 2 is 1.53 bits per heavy atom. The van der Waals surface area contributed by atoms with Gasteiger partial charge in [-0.25, -0.2) is 14.6 Å². The number of hydrogen-bond donors (Lipinski definition) is 2. The lowest BCUT2D eigenvalue weighted by atomic mass is 10.1. The molecule has 0 unspecified atom stereocenters. The van der Waals surface area contributed by atoms with E-state index >= 15 is 0 Å². The molecule has 0 amide bonds. The van der Waals surface area contributed by atoms with Crippen LogP contribution in [0.4, 0.5) is 5.13 Å². The highest BCUT2D eigenvalue weighted by atomic mass is 32.1. The molecule has 0 aliphatic carbocycles. The molecule has 1 aromatic heterocycles. The highest BCUT2D eigenvalue weighted by Gasteiger charge is 2.13. The second kappa shape index (κ2) is 12.0. The summed E-state index contributed by atoms with van der Waals surface area (Å²) in [6.07, 6.45) is 1.12. The van der Waals surface area contributed by atoms with Crippen molar-refractivity contribution in [2.75, 3.05) is 32.1 Å². The number of benzene rings is 2. The third-order valence-electron chi connectivity index (χ3n) is 4.48. The van der Waals surface area contributed by atoms with Gasteiger partial charge in [-0.3, -0.25) is 0 Å². The fourth-order valence-electron chi connectivity index (χ4n) is 2.78. The Hall–Kier alpha value is -3.23. The Bertz CT molecular complexity index is 1060. The third-order valence-corrected chi connectivity index (χ3v) is 5.58. The molecule has 0 radical (unpaired) electrons. The summed E-state index contributed by atoms with van der Waals surface area (Å²) in [6.45, 7) is 7.13. The van der Waals surface area contributed by atoms with Gasteiger partial charge in [0.15, 0.2) is 5.13 Å². The highest BCUT2D eigenvalue weighted by Crippen LogP contribution is 2.30. The number of carbonyl (C=O) groups is 2. The first-order valence-electron chi connectivity index (χ1n) is 10.1. The Kier molecular flexibility index (Phi) is 9.37. The van der Waals surface area contributed by atoms with E-state index in [-0.39, 0.29) is 0 Å². The molecule has 170 valence electrons. The molecule has 0 spiro atoms. The molecule has 3 rings (SSSR count). The van der Waals surface area contributed by atoms with E-state index in [1.54, 1.807) is 11.3 Å². The summed E-state index contributed by atoms with van der Waals surface area (Å²) in [6, 6.07) is 15.3. The van der Waals surface area contributed by atoms with E-state index in [2.05, 4.69) is 80.2 Å². The molecule has 0 fully saturated rings. The Labute approximate surface area is 192 Å². The molecule has 0 saturated carbocycles. The quantitative estimate of drug-likeness (QED) is 0.492. The summed E-state index contributed by atoms with van der Waals surface area (Å²) in [4.78, 5) is 28.6. The molecule has 32 heavy (non-hydrogen) atoms. The molecule has 0 bridgehead atoms. The molecule has 0 aliphatic heterocycles. The summed E-state index contributed by atoms with van der Waals surface area (Å²) in [7, 11) is 4.23. The second-order valence-corrected chi connectivity index (χ2v) is 8.70. The van der Waals surface area contributed by atoms with Crippen molar-refractivity contribution in [3.05, 3.63) is 71.3 Å². The number of aliphatic carboxylic acids is 2. The Balaban J connectivity index is 0.000000390. The molecule has 2 aromatic carbocycles. The molecule has 3 aromatic rings. The summed E-state index contributed by atoms with van der Waals surface area (Å²) in [5, 5.41) is 16.7. The normalized spacial score (nSPS) is 10.9. The van der Waals surface area contributed by atoms with Crippen molar-refractivity contribution in [2.24, 2.45) is 0 Å². The largest absolute Gasteiger partial charge is 0.478 e.